The van der Waals surface area contributed by atoms with Crippen molar-refractivity contribution in [3.8, 4) is 0 Å². The van der Waals surface area contributed by atoms with Gasteiger partial charge >= 0.3 is 5.97 Å². The SMILES string of the molecule is C[C@@H](OC(=O)c1cccc2ccccc12)C(=O)Nc1ccc(F)cc1. The summed E-state index contributed by atoms with van der Waals surface area (Å²) in [6, 6.07) is 18.1. The van der Waals surface area contributed by atoms with Crippen molar-refractivity contribution in [3.63, 3.8) is 0 Å². The fourth-order valence-corrected chi connectivity index (χ4v) is 2.46. The zero-order valence-corrected chi connectivity index (χ0v) is 13.5. The summed E-state index contributed by atoms with van der Waals surface area (Å²) in [6.45, 7) is 1.49. The van der Waals surface area contributed by atoms with Crippen LogP contribution < -0.4 is 5.32 Å². The maximum Gasteiger partial charge on any atom is 0.339 e. The van der Waals surface area contributed by atoms with Crippen LogP contribution in [0.15, 0.2) is 66.7 Å². The number of amides is 1. The first kappa shape index (κ1) is 16.6. The van der Waals surface area contributed by atoms with Gasteiger partial charge in [-0.25, -0.2) is 9.18 Å². The molecule has 126 valence electrons. The van der Waals surface area contributed by atoms with Crippen molar-refractivity contribution in [3.05, 3.63) is 78.1 Å². The fourth-order valence-electron chi connectivity index (χ4n) is 2.46. The number of benzene rings is 3. The molecule has 3 rings (SSSR count). The van der Waals surface area contributed by atoms with Crippen LogP contribution in [0.3, 0.4) is 0 Å². The molecule has 0 unspecified atom stereocenters. The van der Waals surface area contributed by atoms with Crippen LogP contribution >= 0.6 is 0 Å². The summed E-state index contributed by atoms with van der Waals surface area (Å²) in [5.41, 5.74) is 0.832. The van der Waals surface area contributed by atoms with Crippen molar-refractivity contribution < 1.29 is 18.7 Å². The number of carbonyl (C=O) groups excluding carboxylic acids is 2. The van der Waals surface area contributed by atoms with E-state index in [4.69, 9.17) is 4.74 Å². The Morgan fingerprint density at radius 1 is 0.960 bits per heavy atom. The molecule has 0 aliphatic carbocycles. The molecule has 1 amide bonds. The van der Waals surface area contributed by atoms with E-state index in [0.717, 1.165) is 10.8 Å². The Hall–Kier alpha value is -3.21. The zero-order valence-electron chi connectivity index (χ0n) is 13.5. The molecule has 1 N–H and O–H groups in total. The van der Waals surface area contributed by atoms with Gasteiger partial charge in [0.05, 0.1) is 5.56 Å². The van der Waals surface area contributed by atoms with Crippen LogP contribution in [0, 0.1) is 5.82 Å². The minimum Gasteiger partial charge on any atom is -0.449 e. The average molecular weight is 337 g/mol. The molecule has 1 atom stereocenters. The first-order valence-electron chi connectivity index (χ1n) is 7.80. The predicted octanol–water partition coefficient (Wildman–Crippen LogP) is 4.16. The van der Waals surface area contributed by atoms with Gasteiger partial charge in [-0.15, -0.1) is 0 Å². The summed E-state index contributed by atoms with van der Waals surface area (Å²) in [5.74, 6) is -1.45. The molecule has 3 aromatic carbocycles. The number of hydrogen-bond donors (Lipinski definition) is 1. The highest BCUT2D eigenvalue weighted by Crippen LogP contribution is 2.20. The normalized spacial score (nSPS) is 11.8. The fraction of sp³-hybridized carbons (Fsp3) is 0.100. The summed E-state index contributed by atoms with van der Waals surface area (Å²) in [6.07, 6.45) is -0.989. The van der Waals surface area contributed by atoms with E-state index in [1.165, 1.54) is 31.2 Å². The van der Waals surface area contributed by atoms with E-state index in [2.05, 4.69) is 5.32 Å². The van der Waals surface area contributed by atoms with Crippen LogP contribution in [0.1, 0.15) is 17.3 Å². The van der Waals surface area contributed by atoms with Gasteiger partial charge in [0, 0.05) is 5.69 Å². The first-order chi connectivity index (χ1) is 12.0. The van der Waals surface area contributed by atoms with E-state index in [1.54, 1.807) is 12.1 Å². The minimum absolute atomic E-state index is 0.395. The summed E-state index contributed by atoms with van der Waals surface area (Å²) < 4.78 is 18.2. The molecule has 0 aliphatic rings. The maximum absolute atomic E-state index is 12.9. The van der Waals surface area contributed by atoms with Gasteiger partial charge in [0.15, 0.2) is 6.10 Å². The van der Waals surface area contributed by atoms with Crippen molar-refractivity contribution >= 4 is 28.3 Å². The van der Waals surface area contributed by atoms with Gasteiger partial charge in [0.25, 0.3) is 5.91 Å². The Kier molecular flexibility index (Phi) is 4.75. The molecule has 0 fully saturated rings. The number of ether oxygens (including phenoxy) is 1. The third kappa shape index (κ3) is 3.83. The Labute approximate surface area is 144 Å². The first-order valence-corrected chi connectivity index (χ1v) is 7.80. The molecule has 3 aromatic rings. The minimum atomic E-state index is -0.989. The Balaban J connectivity index is 1.71. The summed E-state index contributed by atoms with van der Waals surface area (Å²) in [7, 11) is 0. The Bertz CT molecular complexity index is 916. The van der Waals surface area contributed by atoms with Crippen LogP contribution in [-0.2, 0) is 9.53 Å². The van der Waals surface area contributed by atoms with Crippen LogP contribution in [0.2, 0.25) is 0 Å². The standard InChI is InChI=1S/C20H16FNO3/c1-13(19(23)22-16-11-9-15(21)10-12-16)25-20(24)18-8-4-6-14-5-2-3-7-17(14)18/h2-13H,1H3,(H,22,23)/t13-/m1/s1. The quantitative estimate of drug-likeness (QED) is 0.727. The highest BCUT2D eigenvalue weighted by Gasteiger charge is 2.20. The van der Waals surface area contributed by atoms with E-state index in [0.29, 0.717) is 11.3 Å². The molecule has 5 heteroatoms. The zero-order chi connectivity index (χ0) is 17.8. The third-order valence-corrected chi connectivity index (χ3v) is 3.77. The molecular formula is C20H16FNO3. The number of carbonyl (C=O) groups is 2. The van der Waals surface area contributed by atoms with Gasteiger partial charge in [0.1, 0.15) is 5.82 Å². The lowest BCUT2D eigenvalue weighted by Gasteiger charge is -2.14. The molecule has 0 heterocycles. The van der Waals surface area contributed by atoms with Gasteiger partial charge in [-0.05, 0) is 48.0 Å². The lowest BCUT2D eigenvalue weighted by atomic mass is 10.0. The molecule has 0 bridgehead atoms. The van der Waals surface area contributed by atoms with E-state index < -0.39 is 23.8 Å². The van der Waals surface area contributed by atoms with Crippen molar-refractivity contribution in [2.45, 2.75) is 13.0 Å². The molecular weight excluding hydrogens is 321 g/mol. The summed E-state index contributed by atoms with van der Waals surface area (Å²) in [4.78, 5) is 24.6. The number of halogens is 1. The Morgan fingerprint density at radius 3 is 2.40 bits per heavy atom. The van der Waals surface area contributed by atoms with E-state index in [1.807, 2.05) is 30.3 Å². The van der Waals surface area contributed by atoms with E-state index in [9.17, 15) is 14.0 Å². The van der Waals surface area contributed by atoms with Crippen molar-refractivity contribution in [2.75, 3.05) is 5.32 Å². The van der Waals surface area contributed by atoms with Crippen molar-refractivity contribution in [2.24, 2.45) is 0 Å². The topological polar surface area (TPSA) is 55.4 Å². The average Bonchev–Trinajstić information content (AvgIpc) is 2.63. The monoisotopic (exact) mass is 337 g/mol. The number of nitrogens with one attached hydrogen (secondary N) is 1. The molecule has 0 aliphatic heterocycles. The van der Waals surface area contributed by atoms with Gasteiger partial charge in [-0.1, -0.05) is 36.4 Å². The molecule has 0 saturated carbocycles. The third-order valence-electron chi connectivity index (χ3n) is 3.77. The largest absolute Gasteiger partial charge is 0.449 e. The van der Waals surface area contributed by atoms with Gasteiger partial charge < -0.3 is 10.1 Å². The predicted molar refractivity (Wildman–Crippen MR) is 93.9 cm³/mol. The lowest BCUT2D eigenvalue weighted by molar-refractivity contribution is -0.123. The molecule has 4 nitrogen and oxygen atoms in total. The van der Waals surface area contributed by atoms with E-state index in [-0.39, 0.29) is 0 Å². The molecule has 0 spiro atoms. The lowest BCUT2D eigenvalue weighted by Crippen LogP contribution is -2.30. The summed E-state index contributed by atoms with van der Waals surface area (Å²) >= 11 is 0. The van der Waals surface area contributed by atoms with Crippen LogP contribution in [0.4, 0.5) is 10.1 Å². The highest BCUT2D eigenvalue weighted by molar-refractivity contribution is 6.05. The smallest absolute Gasteiger partial charge is 0.339 e. The second kappa shape index (κ2) is 7.13. The second-order valence-electron chi connectivity index (χ2n) is 5.57. The molecule has 25 heavy (non-hydrogen) atoms. The van der Waals surface area contributed by atoms with E-state index >= 15 is 0 Å². The van der Waals surface area contributed by atoms with Gasteiger partial charge in [-0.3, -0.25) is 4.79 Å². The van der Waals surface area contributed by atoms with Gasteiger partial charge in [-0.2, -0.15) is 0 Å². The number of esters is 1. The van der Waals surface area contributed by atoms with Crippen molar-refractivity contribution in [1.29, 1.82) is 0 Å². The number of hydrogen-bond acceptors (Lipinski definition) is 3. The van der Waals surface area contributed by atoms with Crippen LogP contribution in [0.5, 0.6) is 0 Å². The van der Waals surface area contributed by atoms with Crippen LogP contribution in [-0.4, -0.2) is 18.0 Å². The highest BCUT2D eigenvalue weighted by atomic mass is 19.1. The number of anilines is 1. The summed E-state index contributed by atoms with van der Waals surface area (Å²) in [5, 5.41) is 4.26. The molecule has 0 aromatic heterocycles. The maximum atomic E-state index is 12.9. The van der Waals surface area contributed by atoms with Crippen molar-refractivity contribution in [1.82, 2.24) is 0 Å². The number of rotatable bonds is 4. The molecule has 0 radical (unpaired) electrons. The van der Waals surface area contributed by atoms with Gasteiger partial charge in [0.2, 0.25) is 0 Å². The molecule has 0 saturated heterocycles. The Morgan fingerprint density at radius 2 is 1.64 bits per heavy atom. The number of fused-ring (bicyclic) bond motifs is 1. The van der Waals surface area contributed by atoms with Crippen LogP contribution in [0.25, 0.3) is 10.8 Å². The second-order valence-corrected chi connectivity index (χ2v) is 5.57.